The highest BCUT2D eigenvalue weighted by Crippen LogP contribution is 2.22. The van der Waals surface area contributed by atoms with Crippen LogP contribution in [0.5, 0.6) is 0 Å². The molecule has 0 radical (unpaired) electrons. The fourth-order valence-corrected chi connectivity index (χ4v) is 1.49. The van der Waals surface area contributed by atoms with Crippen LogP contribution in [-0.4, -0.2) is 56.6 Å². The molecule has 0 rings (SSSR count). The van der Waals surface area contributed by atoms with Crippen molar-refractivity contribution < 1.29 is 39.9 Å². The maximum Gasteiger partial charge on any atom is 0.276 e. The monoisotopic (exact) mass is 323 g/mol. The summed E-state index contributed by atoms with van der Waals surface area (Å²) in [7, 11) is 0. The van der Waals surface area contributed by atoms with Gasteiger partial charge >= 0.3 is 0 Å². The minimum atomic E-state index is -2.25. The Morgan fingerprint density at radius 3 is 1.91 bits per heavy atom. The fourth-order valence-electron chi connectivity index (χ4n) is 1.49. The van der Waals surface area contributed by atoms with E-state index in [-0.39, 0.29) is 18.9 Å². The number of rotatable bonds is 9. The molecule has 0 saturated heterocycles. The van der Waals surface area contributed by atoms with E-state index in [1.807, 2.05) is 0 Å². The average molecular weight is 323 g/mol. The van der Waals surface area contributed by atoms with Crippen molar-refractivity contribution in [2.75, 3.05) is 6.61 Å². The molecule has 9 N–H and O–H groups in total. The molecule has 0 unspecified atom stereocenters. The van der Waals surface area contributed by atoms with Crippen LogP contribution in [0.4, 0.5) is 0 Å². The van der Waals surface area contributed by atoms with Gasteiger partial charge in [0.15, 0.2) is 5.60 Å². The van der Waals surface area contributed by atoms with Gasteiger partial charge in [0, 0.05) is 6.42 Å². The number of amides is 3. The Kier molecular flexibility index (Phi) is 8.39. The standard InChI is InChI=1S/C9H17N5O8/c10-5(11-18)1-2-22-9(8(17)14-21,3-6(15)12-19)4-7(16)13-20/h18-21H,1-4H2,(H2,10,11)(H,12,15)(H,13,16)(H,14,17). The van der Waals surface area contributed by atoms with Gasteiger partial charge in [-0.3, -0.25) is 30.0 Å². The molecule has 13 nitrogen and oxygen atoms in total. The van der Waals surface area contributed by atoms with E-state index < -0.39 is 36.2 Å². The molecule has 0 bridgehead atoms. The summed E-state index contributed by atoms with van der Waals surface area (Å²) in [6.07, 6.45) is -1.89. The highest BCUT2D eigenvalue weighted by atomic mass is 16.5. The Balaban J connectivity index is 5.29. The topological polar surface area (TPSA) is 216 Å². The Morgan fingerprint density at radius 2 is 1.55 bits per heavy atom. The molecule has 0 aromatic heterocycles. The van der Waals surface area contributed by atoms with Gasteiger partial charge in [-0.05, 0) is 0 Å². The van der Waals surface area contributed by atoms with Crippen molar-refractivity contribution in [3.8, 4) is 0 Å². The molecule has 0 aromatic carbocycles. The quantitative estimate of drug-likeness (QED) is 0.0720. The lowest BCUT2D eigenvalue weighted by molar-refractivity contribution is -0.166. The van der Waals surface area contributed by atoms with Crippen molar-refractivity contribution in [1.29, 1.82) is 0 Å². The van der Waals surface area contributed by atoms with E-state index in [9.17, 15) is 14.4 Å². The predicted octanol–water partition coefficient (Wildman–Crippen LogP) is -2.83. The molecule has 126 valence electrons. The molecule has 3 amide bonds. The fraction of sp³-hybridized carbons (Fsp3) is 0.556. The number of hydrogen-bond acceptors (Lipinski definition) is 9. The van der Waals surface area contributed by atoms with Gasteiger partial charge in [0.25, 0.3) is 5.91 Å². The molecule has 0 aliphatic rings. The van der Waals surface area contributed by atoms with Gasteiger partial charge in [0.2, 0.25) is 11.8 Å². The largest absolute Gasteiger partial charge is 0.409 e. The minimum absolute atomic E-state index is 0.168. The van der Waals surface area contributed by atoms with Gasteiger partial charge in [-0.2, -0.15) is 0 Å². The first kappa shape index (κ1) is 19.5. The molecular weight excluding hydrogens is 306 g/mol. The van der Waals surface area contributed by atoms with Crippen LogP contribution in [0.3, 0.4) is 0 Å². The van der Waals surface area contributed by atoms with Crippen molar-refractivity contribution in [3.05, 3.63) is 0 Å². The summed E-state index contributed by atoms with van der Waals surface area (Å²) in [5, 5.41) is 36.8. The molecule has 0 fully saturated rings. The summed E-state index contributed by atoms with van der Waals surface area (Å²) in [6.45, 7) is -0.374. The molecule has 0 aliphatic carbocycles. The first-order chi connectivity index (χ1) is 10.3. The van der Waals surface area contributed by atoms with E-state index in [0.717, 1.165) is 0 Å². The number of carbonyl (C=O) groups excluding carboxylic acids is 3. The van der Waals surface area contributed by atoms with Crippen LogP contribution in [0.15, 0.2) is 5.16 Å². The van der Waals surface area contributed by atoms with Crippen LogP contribution in [0.25, 0.3) is 0 Å². The molecule has 0 spiro atoms. The second kappa shape index (κ2) is 9.46. The zero-order valence-corrected chi connectivity index (χ0v) is 11.3. The van der Waals surface area contributed by atoms with Crippen LogP contribution in [0, 0.1) is 0 Å². The van der Waals surface area contributed by atoms with Gasteiger partial charge in [-0.1, -0.05) is 5.16 Å². The molecule has 13 heteroatoms. The van der Waals surface area contributed by atoms with Gasteiger partial charge in [-0.15, -0.1) is 0 Å². The van der Waals surface area contributed by atoms with Gasteiger partial charge in [-0.25, -0.2) is 16.4 Å². The molecule has 0 heterocycles. The Hall–Kier alpha value is -2.48. The van der Waals surface area contributed by atoms with E-state index in [4.69, 9.17) is 31.3 Å². The number of nitrogens with two attached hydrogens (primary N) is 1. The van der Waals surface area contributed by atoms with Crippen LogP contribution >= 0.6 is 0 Å². The number of amidine groups is 1. The van der Waals surface area contributed by atoms with Gasteiger partial charge in [0.05, 0.1) is 19.4 Å². The summed E-state index contributed by atoms with van der Waals surface area (Å²) >= 11 is 0. The summed E-state index contributed by atoms with van der Waals surface area (Å²) in [5.41, 5.74) is 6.65. The maximum atomic E-state index is 11.8. The first-order valence-corrected chi connectivity index (χ1v) is 5.76. The highest BCUT2D eigenvalue weighted by molar-refractivity contribution is 5.94. The Labute approximate surface area is 123 Å². The van der Waals surface area contributed by atoms with Crippen molar-refractivity contribution in [3.63, 3.8) is 0 Å². The predicted molar refractivity (Wildman–Crippen MR) is 65.7 cm³/mol. The van der Waals surface area contributed by atoms with E-state index in [1.165, 1.54) is 16.4 Å². The van der Waals surface area contributed by atoms with Crippen molar-refractivity contribution in [2.24, 2.45) is 10.9 Å². The van der Waals surface area contributed by atoms with Crippen LogP contribution in [0.1, 0.15) is 19.3 Å². The first-order valence-electron chi connectivity index (χ1n) is 5.76. The third-order valence-corrected chi connectivity index (χ3v) is 2.52. The van der Waals surface area contributed by atoms with Crippen molar-refractivity contribution in [1.82, 2.24) is 16.4 Å². The van der Waals surface area contributed by atoms with Crippen LogP contribution < -0.4 is 22.2 Å². The Morgan fingerprint density at radius 1 is 1.05 bits per heavy atom. The number of nitrogens with one attached hydrogen (secondary N) is 3. The number of hydrogen-bond donors (Lipinski definition) is 8. The van der Waals surface area contributed by atoms with Crippen LogP contribution in [0.2, 0.25) is 0 Å². The number of hydroxylamine groups is 3. The summed E-state index contributed by atoms with van der Waals surface area (Å²) in [4.78, 5) is 34.3. The Bertz CT molecular complexity index is 422. The number of ether oxygens (including phenoxy) is 1. The van der Waals surface area contributed by atoms with Crippen molar-refractivity contribution in [2.45, 2.75) is 24.9 Å². The van der Waals surface area contributed by atoms with E-state index in [2.05, 4.69) is 5.16 Å². The zero-order chi connectivity index (χ0) is 17.2. The van der Waals surface area contributed by atoms with Crippen molar-refractivity contribution >= 4 is 23.6 Å². The number of carbonyl (C=O) groups is 3. The van der Waals surface area contributed by atoms with E-state index in [1.54, 1.807) is 0 Å². The van der Waals surface area contributed by atoms with E-state index >= 15 is 0 Å². The normalized spacial score (nSPS) is 11.7. The molecule has 0 aliphatic heterocycles. The number of oxime groups is 1. The molecule has 22 heavy (non-hydrogen) atoms. The summed E-state index contributed by atoms with van der Waals surface area (Å²) in [6, 6.07) is 0. The second-order valence-corrected chi connectivity index (χ2v) is 4.05. The minimum Gasteiger partial charge on any atom is -0.409 e. The molecule has 0 saturated carbocycles. The third kappa shape index (κ3) is 5.88. The smallest absolute Gasteiger partial charge is 0.276 e. The molecule has 0 aromatic rings. The zero-order valence-electron chi connectivity index (χ0n) is 11.3. The molecular formula is C9H17N5O8. The SMILES string of the molecule is N/C(CCOC(CC(=O)NO)(CC(=O)NO)C(=O)NO)=N/O. The highest BCUT2D eigenvalue weighted by Gasteiger charge is 2.44. The lowest BCUT2D eigenvalue weighted by atomic mass is 9.93. The lowest BCUT2D eigenvalue weighted by Gasteiger charge is -2.29. The van der Waals surface area contributed by atoms with Crippen LogP contribution in [-0.2, 0) is 19.1 Å². The second-order valence-electron chi connectivity index (χ2n) is 4.05. The summed E-state index contributed by atoms with van der Waals surface area (Å²) < 4.78 is 5.11. The third-order valence-electron chi connectivity index (χ3n) is 2.52. The molecule has 0 atom stereocenters. The van der Waals surface area contributed by atoms with Gasteiger partial charge in [0.1, 0.15) is 5.84 Å². The van der Waals surface area contributed by atoms with Gasteiger partial charge < -0.3 is 15.7 Å². The maximum absolute atomic E-state index is 11.8. The van der Waals surface area contributed by atoms with E-state index in [0.29, 0.717) is 0 Å². The summed E-state index contributed by atoms with van der Waals surface area (Å²) in [5.74, 6) is -3.73. The lowest BCUT2D eigenvalue weighted by Crippen LogP contribution is -2.53. The number of nitrogens with zero attached hydrogens (tertiary/aromatic N) is 1. The average Bonchev–Trinajstić information content (AvgIpc) is 2.52.